The highest BCUT2D eigenvalue weighted by Gasteiger charge is 2.33. The number of hydrazone groups is 1. The molecule has 8 nitrogen and oxygen atoms in total. The number of aryl methyl sites for hydroxylation is 1. The molecule has 0 saturated carbocycles. The zero-order valence-corrected chi connectivity index (χ0v) is 17.8. The van der Waals surface area contributed by atoms with E-state index in [1.807, 2.05) is 19.1 Å². The number of nitro groups is 1. The molecule has 0 atom stereocenters. The molecule has 3 rings (SSSR count). The summed E-state index contributed by atoms with van der Waals surface area (Å²) >= 11 is 0. The Morgan fingerprint density at radius 1 is 1.12 bits per heavy atom. The summed E-state index contributed by atoms with van der Waals surface area (Å²) in [4.78, 5) is 22.4. The van der Waals surface area contributed by atoms with Gasteiger partial charge in [0, 0.05) is 17.3 Å². The first kappa shape index (κ1) is 24.2. The molecule has 0 radical (unpaired) electrons. The maximum Gasteiger partial charge on any atom is 0.416 e. The maximum atomic E-state index is 12.8. The zero-order chi connectivity index (χ0) is 24.7. The monoisotopic (exact) mass is 472 g/mol. The van der Waals surface area contributed by atoms with E-state index >= 15 is 0 Å². The van der Waals surface area contributed by atoms with Crippen LogP contribution in [-0.2, 0) is 11.0 Å². The lowest BCUT2D eigenvalue weighted by Gasteiger charge is -2.10. The third-order valence-corrected chi connectivity index (χ3v) is 4.52. The van der Waals surface area contributed by atoms with Gasteiger partial charge < -0.3 is 10.1 Å². The molecule has 34 heavy (non-hydrogen) atoms. The van der Waals surface area contributed by atoms with Crippen LogP contribution in [0, 0.1) is 17.0 Å². The van der Waals surface area contributed by atoms with Crippen LogP contribution in [0.5, 0.6) is 5.75 Å². The molecule has 2 N–H and O–H groups in total. The fourth-order valence-electron chi connectivity index (χ4n) is 2.82. The number of rotatable bonds is 8. The van der Waals surface area contributed by atoms with Crippen LogP contribution in [0.25, 0.3) is 0 Å². The number of halogens is 3. The Labute approximate surface area is 192 Å². The summed E-state index contributed by atoms with van der Waals surface area (Å²) in [6.45, 7) is 1.65. The summed E-state index contributed by atoms with van der Waals surface area (Å²) < 4.78 is 44.0. The number of para-hydroxylation sites is 1. The van der Waals surface area contributed by atoms with Gasteiger partial charge in [-0.25, -0.2) is 0 Å². The molecule has 3 aromatic rings. The molecule has 0 aromatic heterocycles. The minimum atomic E-state index is -4.71. The number of hydrogen-bond donors (Lipinski definition) is 2. The first-order valence-corrected chi connectivity index (χ1v) is 9.86. The van der Waals surface area contributed by atoms with E-state index in [0.717, 1.165) is 11.6 Å². The highest BCUT2D eigenvalue weighted by atomic mass is 19.4. The molecule has 3 aromatic carbocycles. The second-order valence-electron chi connectivity index (χ2n) is 7.10. The molecule has 11 heteroatoms. The summed E-state index contributed by atoms with van der Waals surface area (Å²) in [5.41, 5.74) is 2.36. The number of nitrogens with one attached hydrogen (secondary N) is 2. The zero-order valence-electron chi connectivity index (χ0n) is 17.8. The third kappa shape index (κ3) is 6.55. The molecule has 0 fully saturated rings. The standard InChI is InChI=1S/C23H19F3N4O4/c1-15-6-9-18(10-7-15)28-22(31)14-34-21-5-3-2-4-16(21)13-27-29-19-11-8-17(23(24,25)26)12-20(19)30(32)33/h2-13,29H,14H2,1H3,(H,28,31)/b27-13-. The van der Waals surface area contributed by atoms with Crippen molar-refractivity contribution in [1.82, 2.24) is 0 Å². The van der Waals surface area contributed by atoms with E-state index < -0.39 is 22.4 Å². The van der Waals surface area contributed by atoms with Gasteiger partial charge in [0.25, 0.3) is 11.6 Å². The first-order valence-electron chi connectivity index (χ1n) is 9.86. The largest absolute Gasteiger partial charge is 0.483 e. The van der Waals surface area contributed by atoms with E-state index in [1.165, 1.54) is 6.21 Å². The number of hydrogen-bond acceptors (Lipinski definition) is 6. The molecule has 1 amide bonds. The molecule has 0 aliphatic carbocycles. The lowest BCUT2D eigenvalue weighted by molar-refractivity contribution is -0.384. The van der Waals surface area contributed by atoms with E-state index in [1.54, 1.807) is 36.4 Å². The Morgan fingerprint density at radius 2 is 1.82 bits per heavy atom. The Balaban J connectivity index is 1.67. The molecule has 0 heterocycles. The Morgan fingerprint density at radius 3 is 2.50 bits per heavy atom. The van der Waals surface area contributed by atoms with Crippen LogP contribution in [-0.4, -0.2) is 23.7 Å². The Bertz CT molecular complexity index is 1210. The van der Waals surface area contributed by atoms with Crippen molar-refractivity contribution in [2.24, 2.45) is 5.10 Å². The lowest BCUT2D eigenvalue weighted by atomic mass is 10.1. The number of carbonyl (C=O) groups is 1. The van der Waals surface area contributed by atoms with Gasteiger partial charge >= 0.3 is 6.18 Å². The maximum absolute atomic E-state index is 12.8. The number of alkyl halides is 3. The highest BCUT2D eigenvalue weighted by Crippen LogP contribution is 2.35. The number of nitro benzene ring substituents is 1. The number of benzene rings is 3. The van der Waals surface area contributed by atoms with Gasteiger partial charge in [-0.15, -0.1) is 0 Å². The van der Waals surface area contributed by atoms with Crippen LogP contribution in [0.2, 0.25) is 0 Å². The summed E-state index contributed by atoms with van der Waals surface area (Å²) in [7, 11) is 0. The van der Waals surface area contributed by atoms with E-state index in [0.29, 0.717) is 29.1 Å². The van der Waals surface area contributed by atoms with Crippen molar-refractivity contribution in [1.29, 1.82) is 0 Å². The van der Waals surface area contributed by atoms with Gasteiger partial charge in [0.15, 0.2) is 6.61 Å². The summed E-state index contributed by atoms with van der Waals surface area (Å²) in [6, 6.07) is 15.9. The van der Waals surface area contributed by atoms with E-state index in [2.05, 4.69) is 15.8 Å². The quantitative estimate of drug-likeness (QED) is 0.260. The fourth-order valence-corrected chi connectivity index (χ4v) is 2.82. The first-order chi connectivity index (χ1) is 16.1. The van der Waals surface area contributed by atoms with E-state index in [-0.39, 0.29) is 18.2 Å². The average Bonchev–Trinajstić information content (AvgIpc) is 2.79. The van der Waals surface area contributed by atoms with Crippen molar-refractivity contribution in [3.8, 4) is 5.75 Å². The average molecular weight is 472 g/mol. The van der Waals surface area contributed by atoms with Gasteiger partial charge in [-0.05, 0) is 43.3 Å². The van der Waals surface area contributed by atoms with Gasteiger partial charge in [0.05, 0.1) is 16.7 Å². The van der Waals surface area contributed by atoms with Crippen LogP contribution in [0.4, 0.5) is 30.2 Å². The summed E-state index contributed by atoms with van der Waals surface area (Å²) in [5.74, 6) is -0.0666. The Hall–Kier alpha value is -4.41. The predicted octanol–water partition coefficient (Wildman–Crippen LogP) is 5.39. The van der Waals surface area contributed by atoms with Crippen molar-refractivity contribution >= 4 is 29.2 Å². The molecule has 0 bridgehead atoms. The van der Waals surface area contributed by atoms with Gasteiger partial charge in [-0.3, -0.25) is 20.3 Å². The summed E-state index contributed by atoms with van der Waals surface area (Å²) in [6.07, 6.45) is -3.44. The molecule has 0 aliphatic heterocycles. The summed E-state index contributed by atoms with van der Waals surface area (Å²) in [5, 5.41) is 17.7. The van der Waals surface area contributed by atoms with Crippen LogP contribution >= 0.6 is 0 Å². The van der Waals surface area contributed by atoms with Crippen molar-refractivity contribution < 1.29 is 27.6 Å². The third-order valence-electron chi connectivity index (χ3n) is 4.52. The van der Waals surface area contributed by atoms with Crippen molar-refractivity contribution in [3.05, 3.63) is 93.5 Å². The van der Waals surface area contributed by atoms with Crippen LogP contribution < -0.4 is 15.5 Å². The van der Waals surface area contributed by atoms with Gasteiger partial charge in [0.2, 0.25) is 0 Å². The number of nitrogens with zero attached hydrogens (tertiary/aromatic N) is 2. The predicted molar refractivity (Wildman–Crippen MR) is 121 cm³/mol. The molecular weight excluding hydrogens is 453 g/mol. The van der Waals surface area contributed by atoms with Gasteiger partial charge in [-0.1, -0.05) is 29.8 Å². The van der Waals surface area contributed by atoms with Crippen molar-refractivity contribution in [3.63, 3.8) is 0 Å². The smallest absolute Gasteiger partial charge is 0.416 e. The molecule has 0 unspecified atom stereocenters. The minimum Gasteiger partial charge on any atom is -0.483 e. The highest BCUT2D eigenvalue weighted by molar-refractivity contribution is 5.92. The van der Waals surface area contributed by atoms with Crippen LogP contribution in [0.3, 0.4) is 0 Å². The van der Waals surface area contributed by atoms with Gasteiger partial charge in [-0.2, -0.15) is 18.3 Å². The molecule has 0 aliphatic rings. The van der Waals surface area contributed by atoms with Gasteiger partial charge in [0.1, 0.15) is 11.4 Å². The Kier molecular flexibility index (Phi) is 7.46. The second-order valence-corrected chi connectivity index (χ2v) is 7.10. The number of amides is 1. The second kappa shape index (κ2) is 10.5. The number of ether oxygens (including phenoxy) is 1. The molecule has 176 valence electrons. The van der Waals surface area contributed by atoms with Crippen molar-refractivity contribution in [2.75, 3.05) is 17.3 Å². The number of carbonyl (C=O) groups excluding carboxylic acids is 1. The molecular formula is C23H19F3N4O4. The van der Waals surface area contributed by atoms with E-state index in [9.17, 15) is 28.1 Å². The van der Waals surface area contributed by atoms with E-state index in [4.69, 9.17) is 4.74 Å². The minimum absolute atomic E-state index is 0.217. The SMILES string of the molecule is Cc1ccc(NC(=O)COc2ccccc2/C=N\Nc2ccc(C(F)(F)F)cc2[N+](=O)[O-])cc1. The fraction of sp³-hybridized carbons (Fsp3) is 0.130. The normalized spacial score (nSPS) is 11.3. The molecule has 0 spiro atoms. The number of anilines is 2. The van der Waals surface area contributed by atoms with Crippen LogP contribution in [0.15, 0.2) is 71.8 Å². The lowest BCUT2D eigenvalue weighted by Crippen LogP contribution is -2.20. The molecule has 0 saturated heterocycles. The van der Waals surface area contributed by atoms with Crippen molar-refractivity contribution in [2.45, 2.75) is 13.1 Å². The topological polar surface area (TPSA) is 106 Å². The van der Waals surface area contributed by atoms with Crippen LogP contribution in [0.1, 0.15) is 16.7 Å².